The first-order chi connectivity index (χ1) is 12.3. The van der Waals surface area contributed by atoms with Crippen LogP contribution in [0.2, 0.25) is 0 Å². The predicted molar refractivity (Wildman–Crippen MR) is 90.1 cm³/mol. The lowest BCUT2D eigenvalue weighted by Gasteiger charge is -2.23. The zero-order valence-electron chi connectivity index (χ0n) is 13.5. The molecule has 0 bridgehead atoms. The Morgan fingerprint density at radius 1 is 1.19 bits per heavy atom. The van der Waals surface area contributed by atoms with Crippen LogP contribution in [0, 0.1) is 0 Å². The molecular formula is C17H15F3N2O3S. The first-order valence-electron chi connectivity index (χ1n) is 7.84. The zero-order chi connectivity index (χ0) is 18.7. The molecule has 2 amide bonds. The van der Waals surface area contributed by atoms with Crippen molar-refractivity contribution in [3.05, 3.63) is 46.7 Å². The van der Waals surface area contributed by atoms with Crippen LogP contribution < -0.4 is 10.1 Å². The lowest BCUT2D eigenvalue weighted by atomic mass is 10.2. The summed E-state index contributed by atoms with van der Waals surface area (Å²) in [7, 11) is 0. The van der Waals surface area contributed by atoms with Gasteiger partial charge in [-0.05, 0) is 48.6 Å². The summed E-state index contributed by atoms with van der Waals surface area (Å²) in [6, 6.07) is 7.75. The van der Waals surface area contributed by atoms with E-state index in [4.69, 9.17) is 0 Å². The number of carbonyl (C=O) groups is 2. The molecule has 0 aliphatic carbocycles. The number of nitrogens with one attached hydrogen (secondary N) is 1. The van der Waals surface area contributed by atoms with Crippen molar-refractivity contribution >= 4 is 28.8 Å². The van der Waals surface area contributed by atoms with Crippen LogP contribution in [-0.2, 0) is 4.79 Å². The number of benzene rings is 1. The third kappa shape index (κ3) is 4.34. The summed E-state index contributed by atoms with van der Waals surface area (Å²) in [6.45, 7) is 0.493. The minimum atomic E-state index is -4.77. The molecule has 2 heterocycles. The zero-order valence-corrected chi connectivity index (χ0v) is 14.3. The molecule has 0 unspecified atom stereocenters. The molecule has 3 rings (SSSR count). The van der Waals surface area contributed by atoms with Gasteiger partial charge in [-0.25, -0.2) is 0 Å². The van der Waals surface area contributed by atoms with Crippen LogP contribution in [0.1, 0.15) is 22.5 Å². The van der Waals surface area contributed by atoms with Gasteiger partial charge in [0, 0.05) is 12.2 Å². The average Bonchev–Trinajstić information content (AvgIpc) is 3.26. The summed E-state index contributed by atoms with van der Waals surface area (Å²) >= 11 is 1.31. The monoisotopic (exact) mass is 384 g/mol. The summed E-state index contributed by atoms with van der Waals surface area (Å²) < 4.78 is 40.3. The van der Waals surface area contributed by atoms with Crippen LogP contribution in [0.25, 0.3) is 0 Å². The number of anilines is 1. The van der Waals surface area contributed by atoms with Crippen molar-refractivity contribution in [2.75, 3.05) is 11.9 Å². The number of alkyl halides is 3. The summed E-state index contributed by atoms with van der Waals surface area (Å²) in [6.07, 6.45) is -3.51. The molecule has 1 N–H and O–H groups in total. The van der Waals surface area contributed by atoms with Crippen molar-refractivity contribution in [1.29, 1.82) is 0 Å². The maximum absolute atomic E-state index is 12.5. The van der Waals surface area contributed by atoms with E-state index < -0.39 is 12.4 Å². The van der Waals surface area contributed by atoms with Crippen LogP contribution in [-0.4, -0.2) is 35.7 Å². The van der Waals surface area contributed by atoms with Gasteiger partial charge < -0.3 is 15.0 Å². The Morgan fingerprint density at radius 3 is 2.54 bits per heavy atom. The standard InChI is InChI=1S/C17H15F3N2O3S/c18-17(19,20)25-12-7-5-11(6-8-12)21-15(23)13-3-1-9-22(13)16(24)14-4-2-10-26-14/h2,4-8,10,13H,1,3,9H2,(H,21,23)/t13-/m1/s1. The molecular weight excluding hydrogens is 369 g/mol. The van der Waals surface area contributed by atoms with Crippen molar-refractivity contribution in [2.24, 2.45) is 0 Å². The highest BCUT2D eigenvalue weighted by molar-refractivity contribution is 7.12. The Labute approximate surface area is 151 Å². The topological polar surface area (TPSA) is 58.6 Å². The molecule has 5 nitrogen and oxygen atoms in total. The SMILES string of the molecule is O=C(Nc1ccc(OC(F)(F)F)cc1)[C@H]1CCCN1C(=O)c1cccs1. The highest BCUT2D eigenvalue weighted by atomic mass is 32.1. The first-order valence-corrected chi connectivity index (χ1v) is 8.72. The van der Waals surface area contributed by atoms with E-state index in [9.17, 15) is 22.8 Å². The van der Waals surface area contributed by atoms with Gasteiger partial charge in [0.25, 0.3) is 5.91 Å². The number of hydrogen-bond donors (Lipinski definition) is 1. The maximum atomic E-state index is 12.5. The van der Waals surface area contributed by atoms with Gasteiger partial charge in [0.15, 0.2) is 0 Å². The van der Waals surface area contributed by atoms with Crippen LogP contribution in [0.15, 0.2) is 41.8 Å². The van der Waals surface area contributed by atoms with Crippen LogP contribution >= 0.6 is 11.3 Å². The third-order valence-corrected chi connectivity index (χ3v) is 4.76. The van der Waals surface area contributed by atoms with Crippen molar-refractivity contribution < 1.29 is 27.5 Å². The van der Waals surface area contributed by atoms with E-state index in [2.05, 4.69) is 10.1 Å². The molecule has 1 aliphatic rings. The third-order valence-electron chi connectivity index (χ3n) is 3.90. The molecule has 0 spiro atoms. The number of likely N-dealkylation sites (tertiary alicyclic amines) is 1. The fourth-order valence-electron chi connectivity index (χ4n) is 2.79. The number of ether oxygens (including phenoxy) is 1. The fourth-order valence-corrected chi connectivity index (χ4v) is 3.47. The van der Waals surface area contributed by atoms with E-state index in [1.54, 1.807) is 17.5 Å². The fraction of sp³-hybridized carbons (Fsp3) is 0.294. The smallest absolute Gasteiger partial charge is 0.406 e. The van der Waals surface area contributed by atoms with Gasteiger partial charge >= 0.3 is 6.36 Å². The number of nitrogens with zero attached hydrogens (tertiary/aromatic N) is 1. The number of hydrogen-bond acceptors (Lipinski definition) is 4. The largest absolute Gasteiger partial charge is 0.573 e. The van der Waals surface area contributed by atoms with E-state index in [1.807, 2.05) is 0 Å². The van der Waals surface area contributed by atoms with Crippen LogP contribution in [0.5, 0.6) is 5.75 Å². The molecule has 1 aliphatic heterocycles. The van der Waals surface area contributed by atoms with Crippen molar-refractivity contribution in [2.45, 2.75) is 25.2 Å². The van der Waals surface area contributed by atoms with E-state index in [-0.39, 0.29) is 17.6 Å². The predicted octanol–water partition coefficient (Wildman–Crippen LogP) is 3.89. The second kappa shape index (κ2) is 7.36. The number of carbonyl (C=O) groups excluding carboxylic acids is 2. The Kier molecular flexibility index (Phi) is 5.17. The van der Waals surface area contributed by atoms with Crippen molar-refractivity contribution in [1.82, 2.24) is 4.90 Å². The van der Waals surface area contributed by atoms with Gasteiger partial charge in [-0.1, -0.05) is 6.07 Å². The molecule has 1 saturated heterocycles. The quantitative estimate of drug-likeness (QED) is 0.870. The molecule has 1 aromatic heterocycles. The lowest BCUT2D eigenvalue weighted by Crippen LogP contribution is -2.42. The highest BCUT2D eigenvalue weighted by Crippen LogP contribution is 2.26. The molecule has 1 fully saturated rings. The van der Waals surface area contributed by atoms with E-state index in [0.29, 0.717) is 30.0 Å². The summed E-state index contributed by atoms with van der Waals surface area (Å²) in [4.78, 5) is 27.1. The molecule has 1 aromatic carbocycles. The number of amides is 2. The van der Waals surface area contributed by atoms with Gasteiger partial charge in [-0.3, -0.25) is 9.59 Å². The molecule has 2 aromatic rings. The highest BCUT2D eigenvalue weighted by Gasteiger charge is 2.35. The second-order valence-corrected chi connectivity index (χ2v) is 6.64. The van der Waals surface area contributed by atoms with Gasteiger partial charge in [0.1, 0.15) is 11.8 Å². The second-order valence-electron chi connectivity index (χ2n) is 5.70. The Morgan fingerprint density at radius 2 is 1.92 bits per heavy atom. The number of rotatable bonds is 4. The minimum absolute atomic E-state index is 0.188. The van der Waals surface area contributed by atoms with Gasteiger partial charge in [-0.15, -0.1) is 24.5 Å². The molecule has 0 radical (unpaired) electrons. The number of thiophene rings is 1. The van der Waals surface area contributed by atoms with Crippen LogP contribution in [0.3, 0.4) is 0 Å². The summed E-state index contributed by atoms with van der Waals surface area (Å²) in [5, 5.41) is 4.43. The normalized spacial score (nSPS) is 17.2. The minimum Gasteiger partial charge on any atom is -0.406 e. The van der Waals surface area contributed by atoms with Crippen LogP contribution in [0.4, 0.5) is 18.9 Å². The van der Waals surface area contributed by atoms with E-state index in [0.717, 1.165) is 12.1 Å². The summed E-state index contributed by atoms with van der Waals surface area (Å²) in [5.74, 6) is -0.922. The van der Waals surface area contributed by atoms with Gasteiger partial charge in [-0.2, -0.15) is 0 Å². The number of halogens is 3. The molecule has 138 valence electrons. The van der Waals surface area contributed by atoms with Gasteiger partial charge in [0.05, 0.1) is 4.88 Å². The summed E-state index contributed by atoms with van der Waals surface area (Å²) in [5.41, 5.74) is 0.333. The van der Waals surface area contributed by atoms with E-state index in [1.165, 1.54) is 28.4 Å². The van der Waals surface area contributed by atoms with Gasteiger partial charge in [0.2, 0.25) is 5.91 Å². The lowest BCUT2D eigenvalue weighted by molar-refractivity contribution is -0.274. The average molecular weight is 384 g/mol. The van der Waals surface area contributed by atoms with Crippen molar-refractivity contribution in [3.8, 4) is 5.75 Å². The van der Waals surface area contributed by atoms with Crippen molar-refractivity contribution in [3.63, 3.8) is 0 Å². The first kappa shape index (κ1) is 18.2. The maximum Gasteiger partial charge on any atom is 0.573 e. The Bertz CT molecular complexity index is 776. The van der Waals surface area contributed by atoms with E-state index >= 15 is 0 Å². The molecule has 0 saturated carbocycles. The molecule has 1 atom stereocenters. The molecule has 26 heavy (non-hydrogen) atoms. The molecule has 9 heteroatoms. The Balaban J connectivity index is 1.64. The Hall–Kier alpha value is -2.55.